The first kappa shape index (κ1) is 14.9. The number of likely N-dealkylation sites (N-methyl/N-ethyl adjacent to an activating group) is 1. The average molecular weight is 286 g/mol. The molecule has 1 aromatic rings. The Morgan fingerprint density at radius 3 is 2.75 bits per heavy atom. The molecule has 2 heterocycles. The number of aromatic nitrogens is 2. The molecule has 0 saturated carbocycles. The summed E-state index contributed by atoms with van der Waals surface area (Å²) in [6.07, 6.45) is 1.05. The van der Waals surface area contributed by atoms with Gasteiger partial charge in [0, 0.05) is 30.9 Å². The van der Waals surface area contributed by atoms with Gasteiger partial charge in [-0.1, -0.05) is 0 Å². The second-order valence-corrected chi connectivity index (χ2v) is 5.20. The molecule has 1 aliphatic heterocycles. The molecular weight excluding hydrogens is 266 g/mol. The molecule has 1 atom stereocenters. The van der Waals surface area contributed by atoms with Gasteiger partial charge in [0.25, 0.3) is 0 Å². The summed E-state index contributed by atoms with van der Waals surface area (Å²) < 4.78 is 26.2. The molecule has 0 spiro atoms. The number of rotatable bonds is 4. The van der Waals surface area contributed by atoms with Gasteiger partial charge in [0.05, 0.1) is 12.1 Å². The average Bonchev–Trinajstić information content (AvgIpc) is 3.01. The van der Waals surface area contributed by atoms with E-state index in [0.29, 0.717) is 21.6 Å². The van der Waals surface area contributed by atoms with Gasteiger partial charge in [-0.2, -0.15) is 13.9 Å². The number of aryl methyl sites for hydroxylation is 1. The molecule has 1 aliphatic rings. The summed E-state index contributed by atoms with van der Waals surface area (Å²) in [6, 6.07) is 0.188. The Morgan fingerprint density at radius 1 is 1.55 bits per heavy atom. The van der Waals surface area contributed by atoms with Gasteiger partial charge in [0.15, 0.2) is 0 Å². The zero-order valence-corrected chi connectivity index (χ0v) is 12.0. The minimum absolute atomic E-state index is 0.0567. The van der Waals surface area contributed by atoms with Crippen molar-refractivity contribution >= 4 is 5.91 Å². The third-order valence-corrected chi connectivity index (χ3v) is 3.96. The molecule has 1 aromatic heterocycles. The van der Waals surface area contributed by atoms with E-state index < -0.39 is 6.55 Å². The van der Waals surface area contributed by atoms with Gasteiger partial charge < -0.3 is 10.2 Å². The topological polar surface area (TPSA) is 50.2 Å². The maximum Gasteiger partial charge on any atom is 0.333 e. The van der Waals surface area contributed by atoms with Crippen LogP contribution in [0.3, 0.4) is 0 Å². The number of hydrogen-bond acceptors (Lipinski definition) is 3. The van der Waals surface area contributed by atoms with E-state index in [4.69, 9.17) is 0 Å². The fourth-order valence-electron chi connectivity index (χ4n) is 2.59. The highest BCUT2D eigenvalue weighted by Crippen LogP contribution is 2.20. The minimum atomic E-state index is -2.67. The highest BCUT2D eigenvalue weighted by atomic mass is 19.3. The predicted molar refractivity (Wildman–Crippen MR) is 70.7 cm³/mol. The fraction of sp³-hybridized carbons (Fsp3) is 0.692. The third-order valence-electron chi connectivity index (χ3n) is 3.96. The van der Waals surface area contributed by atoms with Crippen molar-refractivity contribution in [2.75, 3.05) is 20.1 Å². The van der Waals surface area contributed by atoms with Crippen molar-refractivity contribution in [3.63, 3.8) is 0 Å². The van der Waals surface area contributed by atoms with E-state index in [2.05, 4.69) is 10.4 Å². The normalized spacial score (nSPS) is 18.8. The molecule has 0 radical (unpaired) electrons. The number of amides is 1. The zero-order chi connectivity index (χ0) is 14.9. The highest BCUT2D eigenvalue weighted by molar-refractivity contribution is 5.79. The van der Waals surface area contributed by atoms with Gasteiger partial charge in [-0.25, -0.2) is 4.68 Å². The van der Waals surface area contributed by atoms with E-state index in [0.717, 1.165) is 19.5 Å². The fourth-order valence-corrected chi connectivity index (χ4v) is 2.59. The van der Waals surface area contributed by atoms with Gasteiger partial charge in [0.2, 0.25) is 5.91 Å². The van der Waals surface area contributed by atoms with Crippen LogP contribution in [0, 0.1) is 13.8 Å². The molecule has 0 aliphatic carbocycles. The second-order valence-electron chi connectivity index (χ2n) is 5.20. The molecule has 7 heteroatoms. The Morgan fingerprint density at radius 2 is 2.25 bits per heavy atom. The number of hydrogen-bond donors (Lipinski definition) is 1. The molecular formula is C13H20F2N4O. The lowest BCUT2D eigenvalue weighted by atomic mass is 10.1. The van der Waals surface area contributed by atoms with Gasteiger partial charge in [-0.05, 0) is 26.8 Å². The number of alkyl halides is 2. The van der Waals surface area contributed by atoms with Crippen LogP contribution < -0.4 is 5.32 Å². The first-order chi connectivity index (χ1) is 9.41. The van der Waals surface area contributed by atoms with E-state index in [1.165, 1.54) is 0 Å². The molecule has 20 heavy (non-hydrogen) atoms. The van der Waals surface area contributed by atoms with E-state index in [9.17, 15) is 13.6 Å². The van der Waals surface area contributed by atoms with Crippen molar-refractivity contribution in [2.24, 2.45) is 0 Å². The standard InChI is InChI=1S/C13H20F2N4O/c1-8-11(9(2)19(17-8)13(14)15)6-12(20)18(3)10-4-5-16-7-10/h10,13,16H,4-7H2,1-3H3. The molecule has 1 amide bonds. The summed E-state index contributed by atoms with van der Waals surface area (Å²) in [7, 11) is 1.77. The molecule has 1 fully saturated rings. The zero-order valence-electron chi connectivity index (χ0n) is 12.0. The van der Waals surface area contributed by atoms with Crippen molar-refractivity contribution in [1.82, 2.24) is 20.0 Å². The first-order valence-electron chi connectivity index (χ1n) is 6.71. The molecule has 112 valence electrons. The van der Waals surface area contributed by atoms with Crippen LogP contribution in [0.4, 0.5) is 8.78 Å². The van der Waals surface area contributed by atoms with Crippen LogP contribution in [0.25, 0.3) is 0 Å². The summed E-state index contributed by atoms with van der Waals surface area (Å²) in [5.41, 5.74) is 1.46. The SMILES string of the molecule is Cc1nn(C(F)F)c(C)c1CC(=O)N(C)C1CCNC1. The molecule has 1 unspecified atom stereocenters. The molecule has 0 aromatic carbocycles. The lowest BCUT2D eigenvalue weighted by Crippen LogP contribution is -2.39. The van der Waals surface area contributed by atoms with Crippen molar-refractivity contribution < 1.29 is 13.6 Å². The number of carbonyl (C=O) groups excluding carboxylic acids is 1. The quantitative estimate of drug-likeness (QED) is 0.906. The van der Waals surface area contributed by atoms with Gasteiger partial charge >= 0.3 is 6.55 Å². The molecule has 1 saturated heterocycles. The third kappa shape index (κ3) is 2.82. The van der Waals surface area contributed by atoms with E-state index >= 15 is 0 Å². The Hall–Kier alpha value is -1.50. The van der Waals surface area contributed by atoms with Crippen LogP contribution in [0.15, 0.2) is 0 Å². The molecule has 0 bridgehead atoms. The monoisotopic (exact) mass is 286 g/mol. The lowest BCUT2D eigenvalue weighted by molar-refractivity contribution is -0.130. The Kier molecular flexibility index (Phi) is 4.37. The summed E-state index contributed by atoms with van der Waals surface area (Å²) in [5, 5.41) is 7.01. The maximum atomic E-state index is 12.8. The minimum Gasteiger partial charge on any atom is -0.341 e. The molecule has 1 N–H and O–H groups in total. The van der Waals surface area contributed by atoms with E-state index in [1.807, 2.05) is 0 Å². The maximum absolute atomic E-state index is 12.8. The Balaban J connectivity index is 2.11. The van der Waals surface area contributed by atoms with E-state index in [1.54, 1.807) is 25.8 Å². The molecule has 2 rings (SSSR count). The summed E-state index contributed by atoms with van der Waals surface area (Å²) >= 11 is 0. The van der Waals surface area contributed by atoms with Crippen molar-refractivity contribution in [2.45, 2.75) is 39.3 Å². The summed E-state index contributed by atoms with van der Waals surface area (Å²) in [4.78, 5) is 14.0. The lowest BCUT2D eigenvalue weighted by Gasteiger charge is -2.23. The number of halogens is 2. The van der Waals surface area contributed by atoms with Crippen LogP contribution in [0.1, 0.15) is 29.9 Å². The van der Waals surface area contributed by atoms with Gasteiger partial charge in [-0.3, -0.25) is 4.79 Å². The van der Waals surface area contributed by atoms with Gasteiger partial charge in [0.1, 0.15) is 0 Å². The van der Waals surface area contributed by atoms with Crippen LogP contribution in [0.5, 0.6) is 0 Å². The van der Waals surface area contributed by atoms with E-state index in [-0.39, 0.29) is 18.4 Å². The summed E-state index contributed by atoms with van der Waals surface area (Å²) in [5.74, 6) is -0.0567. The highest BCUT2D eigenvalue weighted by Gasteiger charge is 2.25. The van der Waals surface area contributed by atoms with Crippen molar-refractivity contribution in [3.05, 3.63) is 17.0 Å². The van der Waals surface area contributed by atoms with Crippen LogP contribution in [-0.2, 0) is 11.2 Å². The summed E-state index contributed by atoms with van der Waals surface area (Å²) in [6.45, 7) is 2.26. The van der Waals surface area contributed by atoms with Crippen molar-refractivity contribution in [3.8, 4) is 0 Å². The largest absolute Gasteiger partial charge is 0.341 e. The van der Waals surface area contributed by atoms with Crippen LogP contribution >= 0.6 is 0 Å². The Bertz CT molecular complexity index is 495. The van der Waals surface area contributed by atoms with Gasteiger partial charge in [-0.15, -0.1) is 0 Å². The van der Waals surface area contributed by atoms with Crippen LogP contribution in [-0.4, -0.2) is 46.8 Å². The molecule has 5 nitrogen and oxygen atoms in total. The van der Waals surface area contributed by atoms with Crippen molar-refractivity contribution in [1.29, 1.82) is 0 Å². The number of nitrogens with zero attached hydrogens (tertiary/aromatic N) is 3. The second kappa shape index (κ2) is 5.87. The Labute approximate surface area is 116 Å². The number of carbonyl (C=O) groups is 1. The van der Waals surface area contributed by atoms with Crippen LogP contribution in [0.2, 0.25) is 0 Å². The first-order valence-corrected chi connectivity index (χ1v) is 6.71. The smallest absolute Gasteiger partial charge is 0.333 e. The number of nitrogens with one attached hydrogen (secondary N) is 1. The predicted octanol–water partition coefficient (Wildman–Crippen LogP) is 1.26.